The molecule has 1 aromatic rings. The fraction of sp³-hybridized carbons (Fsp3) is 0.417. The predicted molar refractivity (Wildman–Crippen MR) is 68.9 cm³/mol. The van der Waals surface area contributed by atoms with Gasteiger partial charge in [-0.05, 0) is 24.2 Å². The van der Waals surface area contributed by atoms with Crippen LogP contribution in [0.15, 0.2) is 18.2 Å². The summed E-state index contributed by atoms with van der Waals surface area (Å²) in [5.41, 5.74) is 0.463. The quantitative estimate of drug-likeness (QED) is 0.777. The first-order valence-corrected chi connectivity index (χ1v) is 5.54. The molecule has 0 bridgehead atoms. The molecule has 0 aromatic heterocycles. The van der Waals surface area contributed by atoms with Gasteiger partial charge in [0.15, 0.2) is 11.6 Å². The molecule has 0 spiro atoms. The van der Waals surface area contributed by atoms with Gasteiger partial charge in [0.2, 0.25) is 5.91 Å². The van der Waals surface area contributed by atoms with E-state index in [1.165, 1.54) is 6.07 Å². The Morgan fingerprint density at radius 1 is 1.22 bits per heavy atom. The van der Waals surface area contributed by atoms with Crippen molar-refractivity contribution < 1.29 is 13.6 Å². The van der Waals surface area contributed by atoms with E-state index in [1.54, 1.807) is 0 Å². The summed E-state index contributed by atoms with van der Waals surface area (Å²) in [7, 11) is 0. The van der Waals surface area contributed by atoms with E-state index in [1.807, 2.05) is 6.92 Å². The summed E-state index contributed by atoms with van der Waals surface area (Å²) in [6, 6.07) is 3.47. The normalized spacial score (nSPS) is 9.72. The highest BCUT2D eigenvalue weighted by Gasteiger charge is 2.06. The molecule has 0 fully saturated rings. The minimum atomic E-state index is -0.928. The van der Waals surface area contributed by atoms with Crippen molar-refractivity contribution in [1.29, 1.82) is 0 Å². The number of carbonyl (C=O) groups is 1. The number of amides is 1. The molecule has 2 N–H and O–H groups in total. The van der Waals surface area contributed by atoms with Crippen LogP contribution >= 0.6 is 12.4 Å². The Morgan fingerprint density at radius 2 is 1.94 bits per heavy atom. The average Bonchev–Trinajstić information content (AvgIpc) is 2.30. The van der Waals surface area contributed by atoms with Crippen molar-refractivity contribution >= 4 is 18.3 Å². The molecule has 0 heterocycles. The molecule has 102 valence electrons. The summed E-state index contributed by atoms with van der Waals surface area (Å²) in [5, 5.41) is 5.74. The summed E-state index contributed by atoms with van der Waals surface area (Å²) >= 11 is 0. The van der Waals surface area contributed by atoms with Crippen LogP contribution in [0.4, 0.5) is 8.78 Å². The Balaban J connectivity index is 0.00000289. The smallest absolute Gasteiger partial charge is 0.224 e. The van der Waals surface area contributed by atoms with Crippen LogP contribution in [0.1, 0.15) is 12.5 Å². The molecule has 1 aromatic carbocycles. The van der Waals surface area contributed by atoms with Crippen molar-refractivity contribution in [3.63, 3.8) is 0 Å². The van der Waals surface area contributed by atoms with Crippen molar-refractivity contribution in [2.24, 2.45) is 0 Å². The lowest BCUT2D eigenvalue weighted by Crippen LogP contribution is -2.32. The van der Waals surface area contributed by atoms with E-state index in [4.69, 9.17) is 0 Å². The highest BCUT2D eigenvalue weighted by Crippen LogP contribution is 2.08. The van der Waals surface area contributed by atoms with E-state index >= 15 is 0 Å². The molecule has 1 rings (SSSR count). The van der Waals surface area contributed by atoms with Gasteiger partial charge < -0.3 is 10.6 Å². The molecular formula is C12H17ClF2N2O. The summed E-state index contributed by atoms with van der Waals surface area (Å²) in [4.78, 5) is 11.4. The van der Waals surface area contributed by atoms with Gasteiger partial charge in [0.1, 0.15) is 0 Å². The molecule has 0 aliphatic rings. The Hall–Kier alpha value is -1.20. The maximum Gasteiger partial charge on any atom is 0.224 e. The average molecular weight is 279 g/mol. The zero-order valence-corrected chi connectivity index (χ0v) is 10.9. The van der Waals surface area contributed by atoms with Crippen LogP contribution in [-0.4, -0.2) is 25.5 Å². The van der Waals surface area contributed by atoms with E-state index in [-0.39, 0.29) is 24.7 Å². The summed E-state index contributed by atoms with van der Waals surface area (Å²) in [6.07, 6.45) is 0.0589. The standard InChI is InChI=1S/C12H16F2N2O.ClH/c1-2-15-5-6-16-12(17)8-9-3-4-10(13)11(14)7-9;/h3-4,7,15H,2,5-6,8H2,1H3,(H,16,17);1H. The van der Waals surface area contributed by atoms with Gasteiger partial charge in [-0.1, -0.05) is 13.0 Å². The Labute approximate surface area is 111 Å². The topological polar surface area (TPSA) is 41.1 Å². The van der Waals surface area contributed by atoms with Crippen molar-refractivity contribution in [2.45, 2.75) is 13.3 Å². The summed E-state index contributed by atoms with van der Waals surface area (Å²) < 4.78 is 25.5. The number of likely N-dealkylation sites (N-methyl/N-ethyl adjacent to an activating group) is 1. The minimum absolute atomic E-state index is 0. The van der Waals surface area contributed by atoms with Crippen LogP contribution < -0.4 is 10.6 Å². The Bertz CT molecular complexity index is 388. The van der Waals surface area contributed by atoms with Crippen molar-refractivity contribution in [3.05, 3.63) is 35.4 Å². The summed E-state index contributed by atoms with van der Waals surface area (Å²) in [6.45, 7) is 4.04. The Kier molecular flexibility index (Phi) is 8.24. The van der Waals surface area contributed by atoms with Gasteiger partial charge in [-0.25, -0.2) is 8.78 Å². The van der Waals surface area contributed by atoms with Crippen molar-refractivity contribution in [1.82, 2.24) is 10.6 Å². The van der Waals surface area contributed by atoms with Gasteiger partial charge in [0.05, 0.1) is 6.42 Å². The van der Waals surface area contributed by atoms with E-state index in [2.05, 4.69) is 10.6 Å². The van der Waals surface area contributed by atoms with Gasteiger partial charge in [-0.15, -0.1) is 12.4 Å². The molecule has 3 nitrogen and oxygen atoms in total. The number of hydrogen-bond donors (Lipinski definition) is 2. The molecule has 1 amide bonds. The number of rotatable bonds is 6. The number of halogens is 3. The van der Waals surface area contributed by atoms with E-state index in [9.17, 15) is 13.6 Å². The molecule has 0 aliphatic carbocycles. The zero-order valence-electron chi connectivity index (χ0n) is 10.1. The summed E-state index contributed by atoms with van der Waals surface area (Å²) in [5.74, 6) is -2.03. The van der Waals surface area contributed by atoms with Gasteiger partial charge in [0.25, 0.3) is 0 Å². The monoisotopic (exact) mass is 278 g/mol. The zero-order chi connectivity index (χ0) is 12.7. The second-order valence-corrected chi connectivity index (χ2v) is 3.63. The minimum Gasteiger partial charge on any atom is -0.355 e. The van der Waals surface area contributed by atoms with E-state index in [0.29, 0.717) is 18.7 Å². The molecule has 0 saturated heterocycles. The van der Waals surface area contributed by atoms with Gasteiger partial charge >= 0.3 is 0 Å². The molecule has 6 heteroatoms. The van der Waals surface area contributed by atoms with E-state index in [0.717, 1.165) is 18.7 Å². The largest absolute Gasteiger partial charge is 0.355 e. The molecule has 0 saturated carbocycles. The first-order valence-electron chi connectivity index (χ1n) is 5.54. The third-order valence-electron chi connectivity index (χ3n) is 2.22. The maximum atomic E-state index is 12.9. The Morgan fingerprint density at radius 3 is 2.56 bits per heavy atom. The first-order chi connectivity index (χ1) is 8.13. The third-order valence-corrected chi connectivity index (χ3v) is 2.22. The van der Waals surface area contributed by atoms with Gasteiger partial charge in [-0.3, -0.25) is 4.79 Å². The van der Waals surface area contributed by atoms with Crippen molar-refractivity contribution in [2.75, 3.05) is 19.6 Å². The number of nitrogens with one attached hydrogen (secondary N) is 2. The molecule has 0 aliphatic heterocycles. The molecule has 0 atom stereocenters. The number of hydrogen-bond acceptors (Lipinski definition) is 2. The number of carbonyl (C=O) groups excluding carboxylic acids is 1. The van der Waals surface area contributed by atoms with Crippen LogP contribution in [0.3, 0.4) is 0 Å². The van der Waals surface area contributed by atoms with Crippen LogP contribution in [-0.2, 0) is 11.2 Å². The third kappa shape index (κ3) is 5.93. The lowest BCUT2D eigenvalue weighted by molar-refractivity contribution is -0.120. The highest BCUT2D eigenvalue weighted by atomic mass is 35.5. The van der Waals surface area contributed by atoms with Crippen LogP contribution in [0.5, 0.6) is 0 Å². The molecule has 0 radical (unpaired) electrons. The fourth-order valence-electron chi connectivity index (χ4n) is 1.36. The second kappa shape index (κ2) is 8.83. The molecule has 18 heavy (non-hydrogen) atoms. The molecule has 0 unspecified atom stereocenters. The van der Waals surface area contributed by atoms with Gasteiger partial charge in [0, 0.05) is 13.1 Å². The van der Waals surface area contributed by atoms with Crippen LogP contribution in [0, 0.1) is 11.6 Å². The lowest BCUT2D eigenvalue weighted by Gasteiger charge is -2.05. The number of benzene rings is 1. The van der Waals surface area contributed by atoms with Crippen LogP contribution in [0.2, 0.25) is 0 Å². The predicted octanol–water partition coefficient (Wildman–Crippen LogP) is 1.65. The van der Waals surface area contributed by atoms with Crippen molar-refractivity contribution in [3.8, 4) is 0 Å². The maximum absolute atomic E-state index is 12.9. The fourth-order valence-corrected chi connectivity index (χ4v) is 1.36. The van der Waals surface area contributed by atoms with Gasteiger partial charge in [-0.2, -0.15) is 0 Å². The second-order valence-electron chi connectivity index (χ2n) is 3.63. The first kappa shape index (κ1) is 16.8. The highest BCUT2D eigenvalue weighted by molar-refractivity contribution is 5.85. The SMILES string of the molecule is CCNCCNC(=O)Cc1ccc(F)c(F)c1.Cl. The van der Waals surface area contributed by atoms with E-state index < -0.39 is 11.6 Å². The molecular weight excluding hydrogens is 262 g/mol. The lowest BCUT2D eigenvalue weighted by atomic mass is 10.1. The van der Waals surface area contributed by atoms with Crippen LogP contribution in [0.25, 0.3) is 0 Å².